The molecule has 134 valence electrons. The van der Waals surface area contributed by atoms with E-state index < -0.39 is 12.3 Å². The molecule has 1 unspecified atom stereocenters. The van der Waals surface area contributed by atoms with E-state index in [9.17, 15) is 13.9 Å². The summed E-state index contributed by atoms with van der Waals surface area (Å²) in [5.41, 5.74) is 5.35. The molecule has 7 nitrogen and oxygen atoms in total. The van der Waals surface area contributed by atoms with E-state index in [2.05, 4.69) is 25.7 Å². The molecule has 26 heavy (non-hydrogen) atoms. The van der Waals surface area contributed by atoms with Gasteiger partial charge in [0.2, 0.25) is 0 Å². The van der Waals surface area contributed by atoms with Gasteiger partial charge < -0.3 is 15.3 Å². The first-order valence-corrected chi connectivity index (χ1v) is 7.86. The number of alkyl halides is 2. The Kier molecular flexibility index (Phi) is 3.98. The van der Waals surface area contributed by atoms with Crippen molar-refractivity contribution in [1.29, 1.82) is 0 Å². The molecule has 0 spiro atoms. The zero-order valence-corrected chi connectivity index (χ0v) is 13.8. The molecule has 1 atom stereocenters. The Morgan fingerprint density at radius 3 is 3.00 bits per heavy atom. The fourth-order valence-corrected chi connectivity index (χ4v) is 2.92. The van der Waals surface area contributed by atoms with Gasteiger partial charge in [0.05, 0.1) is 17.5 Å². The lowest BCUT2D eigenvalue weighted by molar-refractivity contribution is -0.0538. The van der Waals surface area contributed by atoms with Gasteiger partial charge in [0, 0.05) is 23.0 Å². The fourth-order valence-electron chi connectivity index (χ4n) is 2.75. The predicted molar refractivity (Wildman–Crippen MR) is 89.2 cm³/mol. The number of halogens is 3. The van der Waals surface area contributed by atoms with Crippen LogP contribution in [0.1, 0.15) is 11.1 Å². The van der Waals surface area contributed by atoms with Crippen LogP contribution in [0.3, 0.4) is 0 Å². The maximum absolute atomic E-state index is 12.7. The largest absolute Gasteiger partial charge is 0.434 e. The summed E-state index contributed by atoms with van der Waals surface area (Å²) in [6.45, 7) is -3.04. The van der Waals surface area contributed by atoms with Crippen LogP contribution in [0, 0.1) is 0 Å². The number of aromatic nitrogens is 3. The van der Waals surface area contributed by atoms with Crippen molar-refractivity contribution in [3.63, 3.8) is 0 Å². The molecule has 0 radical (unpaired) electrons. The Balaban J connectivity index is 1.78. The van der Waals surface area contributed by atoms with Crippen LogP contribution in [0.2, 0.25) is 5.02 Å². The number of benzene rings is 1. The second kappa shape index (κ2) is 6.20. The summed E-state index contributed by atoms with van der Waals surface area (Å²) in [6, 6.07) is 5.75. The van der Waals surface area contributed by atoms with Gasteiger partial charge >= 0.3 is 6.61 Å². The predicted octanol–water partition coefficient (Wildman–Crippen LogP) is 2.28. The highest BCUT2D eigenvalue weighted by atomic mass is 35.5. The third-order valence-corrected chi connectivity index (χ3v) is 4.11. The smallest absolute Gasteiger partial charge is 0.387 e. The lowest BCUT2D eigenvalue weighted by atomic mass is 10.0. The zero-order chi connectivity index (χ0) is 18.3. The van der Waals surface area contributed by atoms with E-state index in [0.29, 0.717) is 16.9 Å². The molecule has 10 heteroatoms. The Labute approximate surface area is 150 Å². The molecule has 0 saturated heterocycles. The van der Waals surface area contributed by atoms with Crippen molar-refractivity contribution in [1.82, 2.24) is 25.4 Å². The number of hydrogen-bond acceptors (Lipinski definition) is 6. The van der Waals surface area contributed by atoms with Crippen molar-refractivity contribution in [2.24, 2.45) is 0 Å². The molecular formula is C16H12ClF2N5O2. The SMILES string of the molecule is OC1(c2cc(Cl)ccc2OC(F)F)C=C(c2cnn3cccnc23)NN1. The standard InChI is InChI=1S/C16H12ClF2N5O2/c17-9-2-3-13(26-15(18)19)11(6-9)16(25)7-12(22-23-16)10-8-21-24-5-1-4-20-14(10)24/h1-8,15,22-23,25H. The number of hydrazine groups is 1. The van der Waals surface area contributed by atoms with E-state index in [-0.39, 0.29) is 16.3 Å². The Morgan fingerprint density at radius 2 is 2.19 bits per heavy atom. The lowest BCUT2D eigenvalue weighted by Crippen LogP contribution is -2.42. The van der Waals surface area contributed by atoms with Crippen LogP contribution in [0.5, 0.6) is 5.75 Å². The molecule has 1 aromatic carbocycles. The quantitative estimate of drug-likeness (QED) is 0.645. The topological polar surface area (TPSA) is 83.7 Å². The average Bonchev–Trinajstić information content (AvgIpc) is 3.20. The summed E-state index contributed by atoms with van der Waals surface area (Å²) in [7, 11) is 0. The fraction of sp³-hybridized carbons (Fsp3) is 0.125. The summed E-state index contributed by atoms with van der Waals surface area (Å²) in [4.78, 5) is 4.24. The van der Waals surface area contributed by atoms with Crippen LogP contribution in [0.4, 0.5) is 8.78 Å². The van der Waals surface area contributed by atoms with Gasteiger partial charge in [-0.3, -0.25) is 0 Å². The van der Waals surface area contributed by atoms with Crippen molar-refractivity contribution in [2.75, 3.05) is 0 Å². The highest BCUT2D eigenvalue weighted by molar-refractivity contribution is 6.30. The van der Waals surface area contributed by atoms with Crippen LogP contribution in [-0.2, 0) is 5.72 Å². The van der Waals surface area contributed by atoms with Crippen LogP contribution in [0.15, 0.2) is 48.9 Å². The molecule has 0 aliphatic carbocycles. The number of rotatable bonds is 4. The Morgan fingerprint density at radius 1 is 1.35 bits per heavy atom. The number of aliphatic hydroxyl groups is 1. The van der Waals surface area contributed by atoms with Crippen LogP contribution in [0.25, 0.3) is 11.3 Å². The first-order valence-electron chi connectivity index (χ1n) is 7.48. The molecule has 3 N–H and O–H groups in total. The second-order valence-corrected chi connectivity index (χ2v) is 5.98. The van der Waals surface area contributed by atoms with Crippen molar-refractivity contribution < 1.29 is 18.6 Å². The maximum atomic E-state index is 12.7. The minimum atomic E-state index is -3.04. The summed E-state index contributed by atoms with van der Waals surface area (Å²) in [6.07, 6.45) is 6.33. The number of ether oxygens (including phenoxy) is 1. The lowest BCUT2D eigenvalue weighted by Gasteiger charge is -2.24. The number of nitrogens with zero attached hydrogens (tertiary/aromatic N) is 3. The molecule has 0 bridgehead atoms. The molecule has 1 aliphatic rings. The third-order valence-electron chi connectivity index (χ3n) is 3.88. The second-order valence-electron chi connectivity index (χ2n) is 5.54. The van der Waals surface area contributed by atoms with E-state index in [1.54, 1.807) is 29.2 Å². The minimum Gasteiger partial charge on any atom is -0.434 e. The average molecular weight is 380 g/mol. The van der Waals surface area contributed by atoms with Crippen LogP contribution in [-0.4, -0.2) is 26.3 Å². The van der Waals surface area contributed by atoms with Gasteiger partial charge in [-0.1, -0.05) is 11.6 Å². The summed E-state index contributed by atoms with van der Waals surface area (Å²) >= 11 is 5.96. The number of nitrogens with one attached hydrogen (secondary N) is 2. The van der Waals surface area contributed by atoms with Crippen molar-refractivity contribution >= 4 is 22.9 Å². The van der Waals surface area contributed by atoms with Crippen molar-refractivity contribution in [3.8, 4) is 5.75 Å². The normalized spacial score (nSPS) is 19.7. The molecular weight excluding hydrogens is 368 g/mol. The van der Waals surface area contributed by atoms with E-state index in [1.807, 2.05) is 0 Å². The molecule has 4 rings (SSSR count). The first kappa shape index (κ1) is 16.7. The highest BCUT2D eigenvalue weighted by Gasteiger charge is 2.36. The molecule has 2 aromatic heterocycles. The van der Waals surface area contributed by atoms with E-state index in [1.165, 1.54) is 24.3 Å². The Hall–Kier alpha value is -2.75. The van der Waals surface area contributed by atoms with Gasteiger partial charge in [-0.25, -0.2) is 9.50 Å². The summed E-state index contributed by atoms with van der Waals surface area (Å²) < 4.78 is 31.4. The first-order chi connectivity index (χ1) is 12.5. The molecule has 0 saturated carbocycles. The van der Waals surface area contributed by atoms with Gasteiger partial charge in [0.15, 0.2) is 11.4 Å². The molecule has 1 aliphatic heterocycles. The molecule has 3 heterocycles. The van der Waals surface area contributed by atoms with Gasteiger partial charge in [-0.15, -0.1) is 0 Å². The van der Waals surface area contributed by atoms with Gasteiger partial charge in [0.25, 0.3) is 0 Å². The number of fused-ring (bicyclic) bond motifs is 1. The van der Waals surface area contributed by atoms with Crippen LogP contribution < -0.4 is 15.6 Å². The zero-order valence-electron chi connectivity index (χ0n) is 13.0. The van der Waals surface area contributed by atoms with Crippen molar-refractivity contribution in [2.45, 2.75) is 12.3 Å². The monoisotopic (exact) mass is 379 g/mol. The highest BCUT2D eigenvalue weighted by Crippen LogP contribution is 2.36. The van der Waals surface area contributed by atoms with Gasteiger partial charge in [-0.05, 0) is 30.3 Å². The molecule has 3 aromatic rings. The van der Waals surface area contributed by atoms with Crippen molar-refractivity contribution in [3.05, 3.63) is 65.1 Å². The van der Waals surface area contributed by atoms with Crippen LogP contribution >= 0.6 is 11.6 Å². The molecule has 0 amide bonds. The summed E-state index contributed by atoms with van der Waals surface area (Å²) in [5, 5.41) is 15.4. The van der Waals surface area contributed by atoms with E-state index in [0.717, 1.165) is 0 Å². The Bertz CT molecular complexity index is 1010. The van der Waals surface area contributed by atoms with Gasteiger partial charge in [-0.2, -0.15) is 19.3 Å². The third kappa shape index (κ3) is 2.85. The van der Waals surface area contributed by atoms with E-state index in [4.69, 9.17) is 11.6 Å². The summed E-state index contributed by atoms with van der Waals surface area (Å²) in [5.74, 6) is -0.198. The number of hydrogen-bond donors (Lipinski definition) is 3. The minimum absolute atomic E-state index is 0.0391. The molecule has 0 fully saturated rings. The maximum Gasteiger partial charge on any atom is 0.387 e. The van der Waals surface area contributed by atoms with E-state index >= 15 is 0 Å². The van der Waals surface area contributed by atoms with Gasteiger partial charge in [0.1, 0.15) is 5.75 Å².